The Balaban J connectivity index is 1.43. The van der Waals surface area contributed by atoms with E-state index in [1.54, 1.807) is 0 Å². The standard InChI is InChI=1S/C15H21NO/c1-2-6-12(5-1)10-16-11-14-9-13-7-3-4-8-15(13)17-14/h3-4,7-8,12,14,16H,1-2,5-6,9-11H2. The van der Waals surface area contributed by atoms with Gasteiger partial charge < -0.3 is 10.1 Å². The third-order valence-electron chi connectivity index (χ3n) is 3.99. The molecule has 1 saturated carbocycles. The molecule has 0 bridgehead atoms. The fourth-order valence-electron chi connectivity index (χ4n) is 3.03. The topological polar surface area (TPSA) is 21.3 Å². The summed E-state index contributed by atoms with van der Waals surface area (Å²) in [6, 6.07) is 8.39. The molecular weight excluding hydrogens is 210 g/mol. The third kappa shape index (κ3) is 2.63. The normalized spacial score (nSPS) is 23.6. The van der Waals surface area contributed by atoms with Crippen molar-refractivity contribution in [2.24, 2.45) is 5.92 Å². The molecule has 1 aromatic rings. The van der Waals surface area contributed by atoms with Crippen LogP contribution >= 0.6 is 0 Å². The lowest BCUT2D eigenvalue weighted by Crippen LogP contribution is -2.32. The highest BCUT2D eigenvalue weighted by Crippen LogP contribution is 2.28. The second-order valence-corrected chi connectivity index (χ2v) is 5.36. The van der Waals surface area contributed by atoms with E-state index in [9.17, 15) is 0 Å². The van der Waals surface area contributed by atoms with Gasteiger partial charge in [-0.05, 0) is 36.9 Å². The quantitative estimate of drug-likeness (QED) is 0.860. The molecular formula is C15H21NO. The van der Waals surface area contributed by atoms with Gasteiger partial charge in [-0.3, -0.25) is 0 Å². The molecule has 1 aromatic carbocycles. The van der Waals surface area contributed by atoms with E-state index in [0.717, 1.165) is 24.6 Å². The molecule has 1 atom stereocenters. The molecule has 1 unspecified atom stereocenters. The number of benzene rings is 1. The van der Waals surface area contributed by atoms with E-state index in [2.05, 4.69) is 23.5 Å². The molecule has 2 heteroatoms. The van der Waals surface area contributed by atoms with Gasteiger partial charge in [0.15, 0.2) is 0 Å². The molecule has 17 heavy (non-hydrogen) atoms. The summed E-state index contributed by atoms with van der Waals surface area (Å²) in [4.78, 5) is 0. The highest BCUT2D eigenvalue weighted by atomic mass is 16.5. The highest BCUT2D eigenvalue weighted by molar-refractivity contribution is 5.37. The number of hydrogen-bond acceptors (Lipinski definition) is 2. The molecule has 1 heterocycles. The van der Waals surface area contributed by atoms with Crippen LogP contribution in [-0.2, 0) is 6.42 Å². The van der Waals surface area contributed by atoms with Gasteiger partial charge in [0.05, 0.1) is 0 Å². The maximum atomic E-state index is 5.91. The molecule has 0 radical (unpaired) electrons. The fourth-order valence-corrected chi connectivity index (χ4v) is 3.03. The van der Waals surface area contributed by atoms with E-state index in [4.69, 9.17) is 4.74 Å². The van der Waals surface area contributed by atoms with E-state index >= 15 is 0 Å². The number of rotatable bonds is 4. The lowest BCUT2D eigenvalue weighted by atomic mass is 10.1. The molecule has 0 spiro atoms. The second-order valence-electron chi connectivity index (χ2n) is 5.36. The predicted octanol–water partition coefficient (Wildman–Crippen LogP) is 2.77. The molecule has 0 aromatic heterocycles. The first-order valence-electron chi connectivity index (χ1n) is 6.87. The lowest BCUT2D eigenvalue weighted by Gasteiger charge is -2.14. The van der Waals surface area contributed by atoms with Crippen molar-refractivity contribution in [2.45, 2.75) is 38.2 Å². The van der Waals surface area contributed by atoms with Crippen LogP contribution in [0.5, 0.6) is 5.75 Å². The molecule has 92 valence electrons. The monoisotopic (exact) mass is 231 g/mol. The zero-order valence-corrected chi connectivity index (χ0v) is 10.3. The Hall–Kier alpha value is -1.02. The van der Waals surface area contributed by atoms with Crippen LogP contribution in [0, 0.1) is 5.92 Å². The molecule has 0 amide bonds. The number of hydrogen-bond donors (Lipinski definition) is 1. The van der Waals surface area contributed by atoms with Crippen molar-refractivity contribution in [3.05, 3.63) is 29.8 Å². The Morgan fingerprint density at radius 2 is 1.94 bits per heavy atom. The van der Waals surface area contributed by atoms with Crippen LogP contribution in [0.25, 0.3) is 0 Å². The van der Waals surface area contributed by atoms with Crippen molar-refractivity contribution in [3.63, 3.8) is 0 Å². The minimum Gasteiger partial charge on any atom is -0.488 e. The van der Waals surface area contributed by atoms with Crippen molar-refractivity contribution in [1.29, 1.82) is 0 Å². The maximum absolute atomic E-state index is 5.91. The minimum atomic E-state index is 0.341. The summed E-state index contributed by atoms with van der Waals surface area (Å²) in [6.07, 6.45) is 7.09. The Morgan fingerprint density at radius 1 is 1.12 bits per heavy atom. The van der Waals surface area contributed by atoms with Gasteiger partial charge in [-0.15, -0.1) is 0 Å². The Kier molecular flexibility index (Phi) is 3.32. The molecule has 1 fully saturated rings. The van der Waals surface area contributed by atoms with Gasteiger partial charge in [0.25, 0.3) is 0 Å². The molecule has 3 rings (SSSR count). The van der Waals surface area contributed by atoms with Gasteiger partial charge in [-0.25, -0.2) is 0 Å². The van der Waals surface area contributed by atoms with Crippen LogP contribution in [0.4, 0.5) is 0 Å². The summed E-state index contributed by atoms with van der Waals surface area (Å²) in [7, 11) is 0. The molecule has 1 aliphatic carbocycles. The van der Waals surface area contributed by atoms with Crippen molar-refractivity contribution in [2.75, 3.05) is 13.1 Å². The summed E-state index contributed by atoms with van der Waals surface area (Å²) < 4.78 is 5.91. The Morgan fingerprint density at radius 3 is 2.76 bits per heavy atom. The number of nitrogens with one attached hydrogen (secondary N) is 1. The van der Waals surface area contributed by atoms with Gasteiger partial charge in [-0.2, -0.15) is 0 Å². The summed E-state index contributed by atoms with van der Waals surface area (Å²) in [5, 5.41) is 3.58. The van der Waals surface area contributed by atoms with Gasteiger partial charge in [0.2, 0.25) is 0 Å². The average Bonchev–Trinajstić information content (AvgIpc) is 2.96. The number of fused-ring (bicyclic) bond motifs is 1. The maximum Gasteiger partial charge on any atom is 0.123 e. The van der Waals surface area contributed by atoms with E-state index in [0.29, 0.717) is 6.10 Å². The first-order chi connectivity index (χ1) is 8.42. The van der Waals surface area contributed by atoms with Crippen molar-refractivity contribution in [3.8, 4) is 5.75 Å². The van der Waals surface area contributed by atoms with Crippen LogP contribution < -0.4 is 10.1 Å². The molecule has 1 N–H and O–H groups in total. The Labute approximate surface area is 103 Å². The fraction of sp³-hybridized carbons (Fsp3) is 0.600. The van der Waals surface area contributed by atoms with Crippen LogP contribution in [0.2, 0.25) is 0 Å². The van der Waals surface area contributed by atoms with Crippen LogP contribution in [-0.4, -0.2) is 19.2 Å². The third-order valence-corrected chi connectivity index (χ3v) is 3.99. The van der Waals surface area contributed by atoms with Gasteiger partial charge in [0, 0.05) is 13.0 Å². The van der Waals surface area contributed by atoms with Crippen LogP contribution in [0.3, 0.4) is 0 Å². The summed E-state index contributed by atoms with van der Waals surface area (Å²) in [5.41, 5.74) is 1.36. The molecule has 2 aliphatic rings. The molecule has 2 nitrogen and oxygen atoms in total. The van der Waals surface area contributed by atoms with E-state index < -0.39 is 0 Å². The number of ether oxygens (including phenoxy) is 1. The zero-order valence-electron chi connectivity index (χ0n) is 10.3. The smallest absolute Gasteiger partial charge is 0.123 e. The lowest BCUT2D eigenvalue weighted by molar-refractivity contribution is 0.225. The number of para-hydroxylation sites is 1. The van der Waals surface area contributed by atoms with Crippen molar-refractivity contribution >= 4 is 0 Å². The average molecular weight is 231 g/mol. The molecule has 0 saturated heterocycles. The first kappa shape index (κ1) is 11.1. The summed E-state index contributed by atoms with van der Waals surface area (Å²) in [5.74, 6) is 2.00. The first-order valence-corrected chi connectivity index (χ1v) is 6.87. The zero-order chi connectivity index (χ0) is 11.5. The SMILES string of the molecule is c1ccc2c(c1)CC(CNCC1CCCC1)O2. The summed E-state index contributed by atoms with van der Waals surface area (Å²) >= 11 is 0. The largest absolute Gasteiger partial charge is 0.488 e. The van der Waals surface area contributed by atoms with Crippen LogP contribution in [0.1, 0.15) is 31.2 Å². The van der Waals surface area contributed by atoms with Crippen molar-refractivity contribution < 1.29 is 4.74 Å². The minimum absolute atomic E-state index is 0.341. The predicted molar refractivity (Wildman–Crippen MR) is 69.4 cm³/mol. The van der Waals surface area contributed by atoms with E-state index in [1.807, 2.05) is 6.07 Å². The van der Waals surface area contributed by atoms with Crippen molar-refractivity contribution in [1.82, 2.24) is 5.32 Å². The van der Waals surface area contributed by atoms with E-state index in [-0.39, 0.29) is 0 Å². The second kappa shape index (κ2) is 5.09. The summed E-state index contributed by atoms with van der Waals surface area (Å²) in [6.45, 7) is 2.17. The van der Waals surface area contributed by atoms with E-state index in [1.165, 1.54) is 37.8 Å². The van der Waals surface area contributed by atoms with Gasteiger partial charge in [0.1, 0.15) is 11.9 Å². The Bertz CT molecular complexity index is 346. The van der Waals surface area contributed by atoms with Gasteiger partial charge in [-0.1, -0.05) is 31.0 Å². The molecule has 1 aliphatic heterocycles. The van der Waals surface area contributed by atoms with Crippen LogP contribution in [0.15, 0.2) is 24.3 Å². The van der Waals surface area contributed by atoms with Gasteiger partial charge >= 0.3 is 0 Å². The highest BCUT2D eigenvalue weighted by Gasteiger charge is 2.22.